The van der Waals surface area contributed by atoms with Crippen LogP contribution in [0.15, 0.2) is 36.5 Å². The van der Waals surface area contributed by atoms with E-state index < -0.39 is 16.6 Å². The molecule has 11 heteroatoms. The number of nitro groups is 1. The van der Waals surface area contributed by atoms with Gasteiger partial charge in [0.15, 0.2) is 11.9 Å². The van der Waals surface area contributed by atoms with Gasteiger partial charge < -0.3 is 30.4 Å². The Morgan fingerprint density at radius 1 is 1.08 bits per heavy atom. The second kappa shape index (κ2) is 11.1. The van der Waals surface area contributed by atoms with Gasteiger partial charge in [0.1, 0.15) is 17.2 Å². The number of aromatic nitrogens is 3. The quantitative estimate of drug-likeness (QED) is 0.131. The van der Waals surface area contributed by atoms with Gasteiger partial charge >= 0.3 is 5.82 Å². The van der Waals surface area contributed by atoms with Crippen molar-refractivity contribution < 1.29 is 24.7 Å². The number of phenols is 2. The summed E-state index contributed by atoms with van der Waals surface area (Å²) in [6.07, 6.45) is 2.83. The minimum atomic E-state index is -0.733. The SMILES string of the molecule is CCC(C)(C)c1ccc(OCCC(=O)Nc2cc(O)c(-n3ncc([N+](=O)[O-])n3)cc2O)c(C(C)(C)CC)c1. The molecule has 0 saturated heterocycles. The zero-order valence-electron chi connectivity index (χ0n) is 22.6. The number of carbonyl (C=O) groups is 1. The van der Waals surface area contributed by atoms with Gasteiger partial charge in [0, 0.05) is 17.7 Å². The number of nitrogens with zero attached hydrogens (tertiary/aromatic N) is 4. The molecule has 0 saturated carbocycles. The predicted molar refractivity (Wildman–Crippen MR) is 143 cm³/mol. The number of hydrogen-bond donors (Lipinski definition) is 3. The molecule has 3 rings (SSSR count). The van der Waals surface area contributed by atoms with Crippen LogP contribution in [0.2, 0.25) is 0 Å². The average Bonchev–Trinajstić information content (AvgIpc) is 3.36. The van der Waals surface area contributed by atoms with E-state index in [1.807, 2.05) is 6.07 Å². The molecule has 204 valence electrons. The summed E-state index contributed by atoms with van der Waals surface area (Å²) >= 11 is 0. The molecule has 38 heavy (non-hydrogen) atoms. The Labute approximate surface area is 221 Å². The number of hydrogen-bond acceptors (Lipinski definition) is 8. The number of anilines is 1. The molecule has 0 atom stereocenters. The Morgan fingerprint density at radius 2 is 1.76 bits per heavy atom. The molecular formula is C27H35N5O6. The van der Waals surface area contributed by atoms with Gasteiger partial charge in [-0.2, -0.15) is 0 Å². The fourth-order valence-corrected chi connectivity index (χ4v) is 3.75. The van der Waals surface area contributed by atoms with Crippen LogP contribution in [-0.2, 0) is 15.6 Å². The number of amides is 1. The van der Waals surface area contributed by atoms with Crippen molar-refractivity contribution in [1.82, 2.24) is 15.0 Å². The largest absolute Gasteiger partial charge is 0.506 e. The van der Waals surface area contributed by atoms with Crippen LogP contribution in [0, 0.1) is 10.1 Å². The molecule has 1 heterocycles. The Bertz CT molecular complexity index is 1330. The molecule has 0 aliphatic carbocycles. The van der Waals surface area contributed by atoms with Crippen molar-refractivity contribution in [2.24, 2.45) is 0 Å². The summed E-state index contributed by atoms with van der Waals surface area (Å²) in [6.45, 7) is 13.2. The van der Waals surface area contributed by atoms with E-state index in [9.17, 15) is 25.1 Å². The van der Waals surface area contributed by atoms with E-state index in [-0.39, 0.29) is 46.7 Å². The van der Waals surface area contributed by atoms with Crippen LogP contribution in [0.3, 0.4) is 0 Å². The third-order valence-electron chi connectivity index (χ3n) is 7.09. The highest BCUT2D eigenvalue weighted by Gasteiger charge is 2.27. The summed E-state index contributed by atoms with van der Waals surface area (Å²) < 4.78 is 6.04. The van der Waals surface area contributed by atoms with Gasteiger partial charge in [0.05, 0.1) is 23.8 Å². The molecule has 3 aromatic rings. The lowest BCUT2D eigenvalue weighted by atomic mass is 9.76. The van der Waals surface area contributed by atoms with Crippen molar-refractivity contribution in [2.45, 2.75) is 71.6 Å². The first kappa shape index (κ1) is 28.4. The number of nitrogens with one attached hydrogen (secondary N) is 1. The van der Waals surface area contributed by atoms with Gasteiger partial charge in [-0.1, -0.05) is 58.5 Å². The Kier molecular flexibility index (Phi) is 8.28. The van der Waals surface area contributed by atoms with Gasteiger partial charge in [-0.15, -0.1) is 5.10 Å². The molecule has 0 unspecified atom stereocenters. The van der Waals surface area contributed by atoms with Crippen molar-refractivity contribution in [1.29, 1.82) is 0 Å². The number of aromatic hydroxyl groups is 2. The monoisotopic (exact) mass is 525 g/mol. The molecule has 1 amide bonds. The fourth-order valence-electron chi connectivity index (χ4n) is 3.75. The third kappa shape index (κ3) is 6.21. The normalized spacial score (nSPS) is 11.8. The van der Waals surface area contributed by atoms with Crippen LogP contribution in [0.4, 0.5) is 11.5 Å². The Balaban J connectivity index is 1.70. The summed E-state index contributed by atoms with van der Waals surface area (Å²) in [7, 11) is 0. The number of benzene rings is 2. The van der Waals surface area contributed by atoms with Crippen molar-refractivity contribution in [3.05, 3.63) is 57.8 Å². The highest BCUT2D eigenvalue weighted by Crippen LogP contribution is 2.38. The molecule has 3 N–H and O–H groups in total. The average molecular weight is 526 g/mol. The zero-order valence-corrected chi connectivity index (χ0v) is 22.6. The second-order valence-electron chi connectivity index (χ2n) is 10.4. The number of rotatable bonds is 11. The lowest BCUT2D eigenvalue weighted by molar-refractivity contribution is -0.389. The van der Waals surface area contributed by atoms with Gasteiger partial charge in [0.25, 0.3) is 0 Å². The molecule has 0 radical (unpaired) electrons. The van der Waals surface area contributed by atoms with Gasteiger partial charge in [-0.3, -0.25) is 4.79 Å². The molecule has 0 aliphatic rings. The summed E-state index contributed by atoms with van der Waals surface area (Å²) in [4.78, 5) is 23.5. The molecule has 0 aliphatic heterocycles. The van der Waals surface area contributed by atoms with E-state index in [0.717, 1.165) is 47.3 Å². The summed E-state index contributed by atoms with van der Waals surface area (Å²) in [6, 6.07) is 8.46. The zero-order chi connectivity index (χ0) is 28.3. The Hall–Kier alpha value is -4.15. The molecule has 11 nitrogen and oxygen atoms in total. The van der Waals surface area contributed by atoms with Crippen LogP contribution < -0.4 is 10.1 Å². The summed E-state index contributed by atoms with van der Waals surface area (Å²) in [5, 5.41) is 41.4. The number of phenolic OH excluding ortho intramolecular Hbond substituents is 2. The van der Waals surface area contributed by atoms with Crippen molar-refractivity contribution in [2.75, 3.05) is 11.9 Å². The first-order valence-electron chi connectivity index (χ1n) is 12.5. The predicted octanol–water partition coefficient (Wildman–Crippen LogP) is 5.37. The van der Waals surface area contributed by atoms with Crippen LogP contribution in [-0.4, -0.2) is 42.6 Å². The van der Waals surface area contributed by atoms with Crippen LogP contribution >= 0.6 is 0 Å². The minimum absolute atomic E-state index is 0.00303. The van der Waals surface area contributed by atoms with Gasteiger partial charge in [0.2, 0.25) is 5.91 Å². The smallest absolute Gasteiger partial charge is 0.410 e. The summed E-state index contributed by atoms with van der Waals surface area (Å²) in [5.41, 5.74) is 2.12. The molecule has 0 spiro atoms. The lowest BCUT2D eigenvalue weighted by Crippen LogP contribution is -2.22. The van der Waals surface area contributed by atoms with E-state index in [4.69, 9.17) is 4.74 Å². The number of ether oxygens (including phenoxy) is 1. The van der Waals surface area contributed by atoms with Crippen molar-refractivity contribution >= 4 is 17.4 Å². The van der Waals surface area contributed by atoms with Crippen LogP contribution in [0.5, 0.6) is 17.2 Å². The van der Waals surface area contributed by atoms with E-state index in [2.05, 4.69) is 69.2 Å². The standard InChI is InChI=1S/C27H35N5O6/c1-7-26(3,4)17-9-10-23(18(13-17)27(5,6)8-2)38-12-11-25(35)29-19-14-22(34)20(15-21(19)33)31-28-16-24(30-31)32(36)37/h9-10,13-16,33-34H,7-8,11-12H2,1-6H3,(H,29,35). The highest BCUT2D eigenvalue weighted by atomic mass is 16.6. The minimum Gasteiger partial charge on any atom is -0.506 e. The first-order chi connectivity index (χ1) is 17.8. The third-order valence-corrected chi connectivity index (χ3v) is 7.09. The van der Waals surface area contributed by atoms with Gasteiger partial charge in [-0.25, -0.2) is 0 Å². The molecule has 0 bridgehead atoms. The molecule has 2 aromatic carbocycles. The molecule has 0 fully saturated rings. The first-order valence-corrected chi connectivity index (χ1v) is 12.5. The fraction of sp³-hybridized carbons (Fsp3) is 0.444. The van der Waals surface area contributed by atoms with Crippen LogP contribution in [0.1, 0.15) is 71.9 Å². The van der Waals surface area contributed by atoms with E-state index >= 15 is 0 Å². The van der Waals surface area contributed by atoms with Crippen LogP contribution in [0.25, 0.3) is 5.69 Å². The highest BCUT2D eigenvalue weighted by molar-refractivity contribution is 5.93. The number of carbonyl (C=O) groups excluding carboxylic acids is 1. The van der Waals surface area contributed by atoms with Crippen molar-refractivity contribution in [3.63, 3.8) is 0 Å². The maximum Gasteiger partial charge on any atom is 0.410 e. The summed E-state index contributed by atoms with van der Waals surface area (Å²) in [5.74, 6) is -0.976. The maximum absolute atomic E-state index is 12.6. The lowest BCUT2D eigenvalue weighted by Gasteiger charge is -2.30. The Morgan fingerprint density at radius 3 is 2.37 bits per heavy atom. The maximum atomic E-state index is 12.6. The molecular weight excluding hydrogens is 490 g/mol. The topological polar surface area (TPSA) is 153 Å². The van der Waals surface area contributed by atoms with E-state index in [0.29, 0.717) is 0 Å². The second-order valence-corrected chi connectivity index (χ2v) is 10.4. The van der Waals surface area contributed by atoms with E-state index in [1.54, 1.807) is 0 Å². The van der Waals surface area contributed by atoms with Gasteiger partial charge in [-0.05, 0) is 40.2 Å². The van der Waals surface area contributed by atoms with Crippen molar-refractivity contribution in [3.8, 4) is 22.9 Å². The van der Waals surface area contributed by atoms with E-state index in [1.165, 1.54) is 5.56 Å². The molecule has 1 aromatic heterocycles.